The van der Waals surface area contributed by atoms with Crippen molar-refractivity contribution in [3.8, 4) is 0 Å². The zero-order chi connectivity index (χ0) is 14.5. The first-order chi connectivity index (χ1) is 9.61. The van der Waals surface area contributed by atoms with Gasteiger partial charge in [0.05, 0.1) is 4.92 Å². The normalized spacial score (nSPS) is 10.1. The quantitative estimate of drug-likeness (QED) is 0.644. The number of nitrogens with zero attached hydrogens (tertiary/aromatic N) is 3. The van der Waals surface area contributed by atoms with E-state index in [1.54, 1.807) is 6.92 Å². The van der Waals surface area contributed by atoms with Crippen LogP contribution in [0.2, 0.25) is 0 Å². The Morgan fingerprint density at radius 3 is 2.50 bits per heavy atom. The maximum atomic E-state index is 12.8. The molecule has 0 saturated heterocycles. The fraction of sp³-hybridized carbons (Fsp3) is 0.167. The van der Waals surface area contributed by atoms with Gasteiger partial charge in [-0.15, -0.1) is 0 Å². The molecule has 0 aliphatic carbocycles. The van der Waals surface area contributed by atoms with Crippen molar-refractivity contribution in [1.29, 1.82) is 0 Å². The number of benzene rings is 1. The van der Waals surface area contributed by atoms with Crippen molar-refractivity contribution in [2.45, 2.75) is 6.92 Å². The Kier molecular flexibility index (Phi) is 4.04. The van der Waals surface area contributed by atoms with Crippen LogP contribution in [0.4, 0.5) is 27.4 Å². The molecular formula is C12H12FN5O2. The van der Waals surface area contributed by atoms with Crippen LogP contribution in [0, 0.1) is 15.9 Å². The molecule has 1 aromatic heterocycles. The third-order valence-electron chi connectivity index (χ3n) is 2.46. The van der Waals surface area contributed by atoms with Gasteiger partial charge in [-0.2, -0.15) is 0 Å². The summed E-state index contributed by atoms with van der Waals surface area (Å²) < 4.78 is 12.8. The van der Waals surface area contributed by atoms with E-state index >= 15 is 0 Å². The van der Waals surface area contributed by atoms with E-state index in [0.717, 1.165) is 0 Å². The molecule has 0 fully saturated rings. The van der Waals surface area contributed by atoms with Gasteiger partial charge < -0.3 is 10.6 Å². The number of nitrogens with one attached hydrogen (secondary N) is 2. The van der Waals surface area contributed by atoms with Crippen LogP contribution in [-0.2, 0) is 0 Å². The SMILES string of the molecule is CCNc1ncnc(Nc2ccc(F)cc2)c1[N+](=O)[O-]. The van der Waals surface area contributed by atoms with Gasteiger partial charge in [-0.25, -0.2) is 14.4 Å². The van der Waals surface area contributed by atoms with Gasteiger partial charge >= 0.3 is 5.69 Å². The predicted octanol–water partition coefficient (Wildman–Crippen LogP) is 2.70. The van der Waals surface area contributed by atoms with Gasteiger partial charge in [0.2, 0.25) is 11.6 Å². The second-order valence-electron chi connectivity index (χ2n) is 3.84. The van der Waals surface area contributed by atoms with Crippen LogP contribution in [0.25, 0.3) is 0 Å². The first kappa shape index (κ1) is 13.7. The van der Waals surface area contributed by atoms with Gasteiger partial charge in [0.15, 0.2) is 0 Å². The van der Waals surface area contributed by atoms with Crippen molar-refractivity contribution >= 4 is 23.0 Å². The number of nitro groups is 1. The first-order valence-electron chi connectivity index (χ1n) is 5.87. The lowest BCUT2D eigenvalue weighted by Crippen LogP contribution is -2.07. The van der Waals surface area contributed by atoms with E-state index in [9.17, 15) is 14.5 Å². The minimum atomic E-state index is -0.566. The summed E-state index contributed by atoms with van der Waals surface area (Å²) in [4.78, 5) is 18.3. The summed E-state index contributed by atoms with van der Waals surface area (Å²) in [6, 6.07) is 5.43. The van der Waals surface area contributed by atoms with Gasteiger partial charge in [0, 0.05) is 12.2 Å². The van der Waals surface area contributed by atoms with Crippen molar-refractivity contribution in [2.75, 3.05) is 17.2 Å². The molecule has 0 saturated carbocycles. The molecule has 1 aromatic carbocycles. The largest absolute Gasteiger partial charge is 0.364 e. The molecule has 2 aromatic rings. The highest BCUT2D eigenvalue weighted by Crippen LogP contribution is 2.30. The highest BCUT2D eigenvalue weighted by atomic mass is 19.1. The second-order valence-corrected chi connectivity index (χ2v) is 3.84. The molecule has 0 radical (unpaired) electrons. The van der Waals surface area contributed by atoms with Gasteiger partial charge in [0.1, 0.15) is 12.1 Å². The zero-order valence-corrected chi connectivity index (χ0v) is 10.6. The molecule has 2 N–H and O–H groups in total. The number of halogens is 1. The molecule has 1 heterocycles. The summed E-state index contributed by atoms with van der Waals surface area (Å²) in [5.74, 6) is -0.203. The van der Waals surface area contributed by atoms with E-state index in [-0.39, 0.29) is 23.1 Å². The zero-order valence-electron chi connectivity index (χ0n) is 10.6. The van der Waals surface area contributed by atoms with Crippen molar-refractivity contribution in [2.24, 2.45) is 0 Å². The van der Waals surface area contributed by atoms with Gasteiger partial charge in [-0.1, -0.05) is 0 Å². The van der Waals surface area contributed by atoms with Crippen molar-refractivity contribution < 1.29 is 9.31 Å². The molecule has 0 unspecified atom stereocenters. The first-order valence-corrected chi connectivity index (χ1v) is 5.87. The van der Waals surface area contributed by atoms with E-state index in [1.807, 2.05) is 0 Å². The van der Waals surface area contributed by atoms with E-state index in [1.165, 1.54) is 30.6 Å². The van der Waals surface area contributed by atoms with E-state index in [2.05, 4.69) is 20.6 Å². The molecule has 20 heavy (non-hydrogen) atoms. The summed E-state index contributed by atoms with van der Waals surface area (Å²) in [7, 11) is 0. The second kappa shape index (κ2) is 5.91. The maximum absolute atomic E-state index is 12.8. The van der Waals surface area contributed by atoms with Gasteiger partial charge in [-0.05, 0) is 31.2 Å². The molecule has 0 atom stereocenters. The van der Waals surface area contributed by atoms with Crippen molar-refractivity contribution in [1.82, 2.24) is 9.97 Å². The third kappa shape index (κ3) is 2.97. The predicted molar refractivity (Wildman–Crippen MR) is 72.5 cm³/mol. The topological polar surface area (TPSA) is 93.0 Å². The van der Waals surface area contributed by atoms with Crippen LogP contribution in [0.1, 0.15) is 6.92 Å². The molecule has 0 spiro atoms. The standard InChI is InChI=1S/C12H12FN5O2/c1-2-14-11-10(18(19)20)12(16-7-15-11)17-9-5-3-8(13)4-6-9/h3-7H,2H2,1H3,(H2,14,15,16,17). The molecule has 0 aliphatic rings. The molecule has 2 rings (SSSR count). The Morgan fingerprint density at radius 2 is 1.90 bits per heavy atom. The highest BCUT2D eigenvalue weighted by molar-refractivity contribution is 5.73. The molecular weight excluding hydrogens is 265 g/mol. The Labute approximate surface area is 114 Å². The van der Waals surface area contributed by atoms with Gasteiger partial charge in [0.25, 0.3) is 0 Å². The monoisotopic (exact) mass is 277 g/mol. The lowest BCUT2D eigenvalue weighted by atomic mass is 10.3. The summed E-state index contributed by atoms with van der Waals surface area (Å²) in [6.45, 7) is 2.30. The number of aromatic nitrogens is 2. The van der Waals surface area contributed by atoms with Gasteiger partial charge in [-0.3, -0.25) is 10.1 Å². The molecule has 0 aliphatic heterocycles. The lowest BCUT2D eigenvalue weighted by molar-refractivity contribution is -0.383. The Balaban J connectivity index is 2.37. The number of anilines is 3. The maximum Gasteiger partial charge on any atom is 0.353 e. The summed E-state index contributed by atoms with van der Waals surface area (Å²) >= 11 is 0. The van der Waals surface area contributed by atoms with E-state index in [0.29, 0.717) is 12.2 Å². The van der Waals surface area contributed by atoms with E-state index < -0.39 is 4.92 Å². The van der Waals surface area contributed by atoms with Crippen LogP contribution in [0.5, 0.6) is 0 Å². The fourth-order valence-corrected chi connectivity index (χ4v) is 1.61. The molecule has 104 valence electrons. The van der Waals surface area contributed by atoms with Crippen molar-refractivity contribution in [3.63, 3.8) is 0 Å². The number of hydrogen-bond acceptors (Lipinski definition) is 6. The summed E-state index contributed by atoms with van der Waals surface area (Å²) in [5, 5.41) is 16.7. The van der Waals surface area contributed by atoms with Crippen LogP contribution >= 0.6 is 0 Å². The highest BCUT2D eigenvalue weighted by Gasteiger charge is 2.22. The van der Waals surface area contributed by atoms with Crippen molar-refractivity contribution in [3.05, 3.63) is 46.5 Å². The van der Waals surface area contributed by atoms with Crippen LogP contribution in [-0.4, -0.2) is 21.4 Å². The van der Waals surface area contributed by atoms with E-state index in [4.69, 9.17) is 0 Å². The molecule has 0 amide bonds. The average molecular weight is 277 g/mol. The van der Waals surface area contributed by atoms with Crippen LogP contribution < -0.4 is 10.6 Å². The molecule has 8 heteroatoms. The minimum absolute atomic E-state index is 0.0487. The smallest absolute Gasteiger partial charge is 0.353 e. The lowest BCUT2D eigenvalue weighted by Gasteiger charge is -2.08. The average Bonchev–Trinajstić information content (AvgIpc) is 2.41. The molecule has 7 nitrogen and oxygen atoms in total. The number of rotatable bonds is 5. The summed E-state index contributed by atoms with van der Waals surface area (Å²) in [5.41, 5.74) is 0.245. The minimum Gasteiger partial charge on any atom is -0.364 e. The van der Waals surface area contributed by atoms with Crippen LogP contribution in [0.3, 0.4) is 0 Å². The third-order valence-corrected chi connectivity index (χ3v) is 2.46. The molecule has 0 bridgehead atoms. The Morgan fingerprint density at radius 1 is 1.25 bits per heavy atom. The Hall–Kier alpha value is -2.77. The fourth-order valence-electron chi connectivity index (χ4n) is 1.61. The number of hydrogen-bond donors (Lipinski definition) is 2. The Bertz CT molecular complexity index is 618. The van der Waals surface area contributed by atoms with Crippen LogP contribution in [0.15, 0.2) is 30.6 Å². The summed E-state index contributed by atoms with van der Waals surface area (Å²) in [6.07, 6.45) is 1.22.